The van der Waals surface area contributed by atoms with Gasteiger partial charge in [0.15, 0.2) is 0 Å². The van der Waals surface area contributed by atoms with Crippen LogP contribution >= 0.6 is 11.6 Å². The summed E-state index contributed by atoms with van der Waals surface area (Å²) in [6.45, 7) is 7.72. The predicted molar refractivity (Wildman–Crippen MR) is 96.1 cm³/mol. The van der Waals surface area contributed by atoms with E-state index in [1.54, 1.807) is 0 Å². The Morgan fingerprint density at radius 1 is 1.12 bits per heavy atom. The van der Waals surface area contributed by atoms with E-state index in [2.05, 4.69) is 18.7 Å². The molecule has 0 N–H and O–H groups in total. The van der Waals surface area contributed by atoms with Crippen molar-refractivity contribution in [3.05, 3.63) is 34.9 Å². The second kappa shape index (κ2) is 7.85. The molecule has 0 unspecified atom stereocenters. The van der Waals surface area contributed by atoms with Gasteiger partial charge >= 0.3 is 0 Å². The molecule has 2 heterocycles. The summed E-state index contributed by atoms with van der Waals surface area (Å²) in [7, 11) is 0. The van der Waals surface area contributed by atoms with E-state index < -0.39 is 0 Å². The third-order valence-corrected chi connectivity index (χ3v) is 5.28. The average Bonchev–Trinajstić information content (AvgIpc) is 2.71. The summed E-state index contributed by atoms with van der Waals surface area (Å²) in [4.78, 5) is 17.0. The van der Waals surface area contributed by atoms with Crippen LogP contribution in [0.5, 0.6) is 0 Å². The van der Waals surface area contributed by atoms with Crippen LogP contribution in [-0.4, -0.2) is 53.6 Å². The zero-order valence-corrected chi connectivity index (χ0v) is 15.3. The van der Waals surface area contributed by atoms with E-state index in [-0.39, 0.29) is 18.1 Å². The standard InChI is InChI=1S/C19H27ClN2O2/c1-14-11-22(12-15(2)24-14)18-7-8-19(23)21(10-9-18)13-16-3-5-17(20)6-4-16/h3-6,14-15,18H,7-13H2,1-2H3/t14-,15+,18-/m1/s1. The summed E-state index contributed by atoms with van der Waals surface area (Å²) in [6, 6.07) is 8.27. The minimum absolute atomic E-state index is 0.266. The third-order valence-electron chi connectivity index (χ3n) is 5.03. The Morgan fingerprint density at radius 3 is 2.46 bits per heavy atom. The number of benzene rings is 1. The minimum Gasteiger partial charge on any atom is -0.373 e. The first-order valence-electron chi connectivity index (χ1n) is 8.93. The maximum absolute atomic E-state index is 12.5. The minimum atomic E-state index is 0.266. The highest BCUT2D eigenvalue weighted by molar-refractivity contribution is 6.30. The fourth-order valence-corrected chi connectivity index (χ4v) is 4.01. The molecule has 2 aliphatic heterocycles. The van der Waals surface area contributed by atoms with Crippen molar-refractivity contribution >= 4 is 17.5 Å². The van der Waals surface area contributed by atoms with Gasteiger partial charge in [0.1, 0.15) is 0 Å². The van der Waals surface area contributed by atoms with Crippen molar-refractivity contribution in [2.24, 2.45) is 0 Å². The lowest BCUT2D eigenvalue weighted by molar-refractivity contribution is -0.131. The maximum Gasteiger partial charge on any atom is 0.222 e. The van der Waals surface area contributed by atoms with Gasteiger partial charge in [-0.15, -0.1) is 0 Å². The van der Waals surface area contributed by atoms with Gasteiger partial charge in [0.25, 0.3) is 0 Å². The number of hydrogen-bond donors (Lipinski definition) is 0. The van der Waals surface area contributed by atoms with E-state index in [9.17, 15) is 4.79 Å². The fourth-order valence-electron chi connectivity index (χ4n) is 3.88. The Bertz CT molecular complexity index is 553. The molecule has 24 heavy (non-hydrogen) atoms. The first-order valence-corrected chi connectivity index (χ1v) is 9.31. The Labute approximate surface area is 149 Å². The first kappa shape index (κ1) is 17.7. The summed E-state index contributed by atoms with van der Waals surface area (Å²) in [5, 5.41) is 0.733. The van der Waals surface area contributed by atoms with Crippen molar-refractivity contribution in [3.63, 3.8) is 0 Å². The summed E-state index contributed by atoms with van der Waals surface area (Å²) < 4.78 is 5.84. The van der Waals surface area contributed by atoms with E-state index in [4.69, 9.17) is 16.3 Å². The molecule has 1 aromatic rings. The van der Waals surface area contributed by atoms with Gasteiger partial charge in [0.2, 0.25) is 5.91 Å². The van der Waals surface area contributed by atoms with E-state index in [1.165, 1.54) is 0 Å². The summed E-state index contributed by atoms with van der Waals surface area (Å²) in [5.74, 6) is 0.266. The topological polar surface area (TPSA) is 32.8 Å². The lowest BCUT2D eigenvalue weighted by atomic mass is 10.0. The average molecular weight is 351 g/mol. The van der Waals surface area contributed by atoms with Crippen molar-refractivity contribution in [1.82, 2.24) is 9.80 Å². The summed E-state index contributed by atoms with van der Waals surface area (Å²) in [5.41, 5.74) is 1.14. The maximum atomic E-state index is 12.5. The molecule has 132 valence electrons. The van der Waals surface area contributed by atoms with Crippen LogP contribution in [0, 0.1) is 0 Å². The van der Waals surface area contributed by atoms with Gasteiger partial charge in [-0.1, -0.05) is 23.7 Å². The summed E-state index contributed by atoms with van der Waals surface area (Å²) in [6.07, 6.45) is 3.18. The van der Waals surface area contributed by atoms with Gasteiger partial charge in [-0.05, 0) is 44.4 Å². The number of likely N-dealkylation sites (tertiary alicyclic amines) is 1. The van der Waals surface area contributed by atoms with Gasteiger partial charge in [-0.3, -0.25) is 9.69 Å². The molecule has 2 saturated heterocycles. The van der Waals surface area contributed by atoms with Crippen LogP contribution in [0.4, 0.5) is 0 Å². The molecule has 2 fully saturated rings. The molecule has 3 rings (SSSR count). The van der Waals surface area contributed by atoms with Gasteiger partial charge < -0.3 is 9.64 Å². The van der Waals surface area contributed by atoms with E-state index in [0.29, 0.717) is 19.0 Å². The van der Waals surface area contributed by atoms with Crippen LogP contribution in [0.3, 0.4) is 0 Å². The molecule has 0 bridgehead atoms. The fraction of sp³-hybridized carbons (Fsp3) is 0.632. The van der Waals surface area contributed by atoms with Crippen molar-refractivity contribution in [1.29, 1.82) is 0 Å². The van der Waals surface area contributed by atoms with Gasteiger partial charge in [0, 0.05) is 43.7 Å². The second-order valence-electron chi connectivity index (χ2n) is 7.13. The first-order chi connectivity index (χ1) is 11.5. The van der Waals surface area contributed by atoms with E-state index >= 15 is 0 Å². The number of ether oxygens (including phenoxy) is 1. The van der Waals surface area contributed by atoms with E-state index in [1.807, 2.05) is 29.2 Å². The third kappa shape index (κ3) is 4.50. The largest absolute Gasteiger partial charge is 0.373 e. The number of carbonyl (C=O) groups is 1. The van der Waals surface area contributed by atoms with Crippen molar-refractivity contribution < 1.29 is 9.53 Å². The Kier molecular flexibility index (Phi) is 5.80. The quantitative estimate of drug-likeness (QED) is 0.838. The van der Waals surface area contributed by atoms with E-state index in [0.717, 1.165) is 43.1 Å². The van der Waals surface area contributed by atoms with Crippen LogP contribution < -0.4 is 0 Å². The highest BCUT2D eigenvalue weighted by atomic mass is 35.5. The molecule has 4 nitrogen and oxygen atoms in total. The molecule has 1 aromatic carbocycles. The zero-order valence-electron chi connectivity index (χ0n) is 14.6. The molecule has 3 atom stereocenters. The second-order valence-corrected chi connectivity index (χ2v) is 7.57. The number of amides is 1. The molecule has 2 aliphatic rings. The number of carbonyl (C=O) groups excluding carboxylic acids is 1. The molecule has 0 aliphatic carbocycles. The molecule has 1 amide bonds. The van der Waals surface area contributed by atoms with Crippen molar-refractivity contribution in [2.75, 3.05) is 19.6 Å². The van der Waals surface area contributed by atoms with Crippen LogP contribution in [0.1, 0.15) is 38.7 Å². The zero-order chi connectivity index (χ0) is 17.1. The number of rotatable bonds is 3. The lowest BCUT2D eigenvalue weighted by Crippen LogP contribution is -2.50. The molecule has 0 radical (unpaired) electrons. The van der Waals surface area contributed by atoms with Crippen molar-refractivity contribution in [2.45, 2.75) is 57.9 Å². The van der Waals surface area contributed by atoms with Crippen LogP contribution in [0.15, 0.2) is 24.3 Å². The number of morpholine rings is 1. The number of halogens is 1. The van der Waals surface area contributed by atoms with Gasteiger partial charge in [-0.2, -0.15) is 0 Å². The molecule has 0 spiro atoms. The number of nitrogens with zero attached hydrogens (tertiary/aromatic N) is 2. The molecule has 5 heteroatoms. The van der Waals surface area contributed by atoms with Crippen LogP contribution in [0.2, 0.25) is 5.02 Å². The molecule has 0 saturated carbocycles. The molecular weight excluding hydrogens is 324 g/mol. The van der Waals surface area contributed by atoms with Gasteiger partial charge in [0.05, 0.1) is 12.2 Å². The lowest BCUT2D eigenvalue weighted by Gasteiger charge is -2.40. The van der Waals surface area contributed by atoms with Crippen LogP contribution in [-0.2, 0) is 16.1 Å². The Balaban J connectivity index is 1.60. The molecule has 0 aromatic heterocycles. The predicted octanol–water partition coefficient (Wildman–Crippen LogP) is 3.33. The Morgan fingerprint density at radius 2 is 1.79 bits per heavy atom. The highest BCUT2D eigenvalue weighted by Crippen LogP contribution is 2.23. The van der Waals surface area contributed by atoms with Gasteiger partial charge in [-0.25, -0.2) is 0 Å². The summed E-state index contributed by atoms with van der Waals surface area (Å²) >= 11 is 5.94. The number of hydrogen-bond acceptors (Lipinski definition) is 3. The van der Waals surface area contributed by atoms with Crippen LogP contribution in [0.25, 0.3) is 0 Å². The van der Waals surface area contributed by atoms with Crippen molar-refractivity contribution in [3.8, 4) is 0 Å². The Hall–Kier alpha value is -1.10. The highest BCUT2D eigenvalue weighted by Gasteiger charge is 2.31. The SMILES string of the molecule is C[C@@H]1CN([C@@H]2CCC(=O)N(Cc3ccc(Cl)cc3)CC2)C[C@H](C)O1. The molecular formula is C19H27ClN2O2. The normalized spacial score (nSPS) is 29.5. The smallest absolute Gasteiger partial charge is 0.222 e. The monoisotopic (exact) mass is 350 g/mol.